The summed E-state index contributed by atoms with van der Waals surface area (Å²) in [5.41, 5.74) is 18.6. The Labute approximate surface area is 455 Å². The second-order valence-corrected chi connectivity index (χ2v) is 20.6. The number of nitrogens with zero attached hydrogens (tertiary/aromatic N) is 3. The lowest BCUT2D eigenvalue weighted by Gasteiger charge is -2.35. The molecule has 0 saturated heterocycles. The van der Waals surface area contributed by atoms with Gasteiger partial charge in [-0.25, -0.2) is 0 Å². The summed E-state index contributed by atoms with van der Waals surface area (Å²) in [6, 6.07) is 114. The second kappa shape index (κ2) is 18.3. The lowest BCUT2D eigenvalue weighted by atomic mass is 9.67. The molecule has 12 aromatic carbocycles. The summed E-state index contributed by atoms with van der Waals surface area (Å²) in [6.07, 6.45) is 0. The van der Waals surface area contributed by atoms with E-state index in [-0.39, 0.29) is 0 Å². The van der Waals surface area contributed by atoms with E-state index in [2.05, 4.69) is 319 Å². The van der Waals surface area contributed by atoms with Gasteiger partial charge in [0.15, 0.2) is 0 Å². The first-order valence-corrected chi connectivity index (χ1v) is 26.9. The van der Waals surface area contributed by atoms with Crippen molar-refractivity contribution in [1.29, 1.82) is 0 Å². The molecule has 0 atom stereocenters. The molecule has 366 valence electrons. The smallest absolute Gasteiger partial charge is 0.0887 e. The number of fused-ring (bicyclic) bond motifs is 8. The van der Waals surface area contributed by atoms with Crippen LogP contribution in [-0.4, -0.2) is 4.98 Å². The molecule has 0 radical (unpaired) electrons. The van der Waals surface area contributed by atoms with Crippen molar-refractivity contribution in [3.8, 4) is 22.4 Å². The minimum absolute atomic E-state index is 0.748. The van der Waals surface area contributed by atoms with Gasteiger partial charge < -0.3 is 9.80 Å². The summed E-state index contributed by atoms with van der Waals surface area (Å²) >= 11 is 0. The highest BCUT2D eigenvalue weighted by molar-refractivity contribution is 5.96. The fourth-order valence-corrected chi connectivity index (χ4v) is 13.1. The van der Waals surface area contributed by atoms with Crippen molar-refractivity contribution in [3.05, 3.63) is 354 Å². The number of anilines is 6. The van der Waals surface area contributed by atoms with Gasteiger partial charge in [0.2, 0.25) is 0 Å². The lowest BCUT2D eigenvalue weighted by molar-refractivity contribution is 0.732. The Morgan fingerprint density at radius 3 is 1.03 bits per heavy atom. The van der Waals surface area contributed by atoms with Crippen LogP contribution in [0.5, 0.6) is 0 Å². The van der Waals surface area contributed by atoms with Crippen molar-refractivity contribution in [3.63, 3.8) is 0 Å². The van der Waals surface area contributed by atoms with Crippen molar-refractivity contribution < 1.29 is 0 Å². The minimum atomic E-state index is -0.797. The first kappa shape index (κ1) is 45.3. The molecule has 0 saturated carbocycles. The molecule has 0 aliphatic heterocycles. The summed E-state index contributed by atoms with van der Waals surface area (Å²) in [7, 11) is 0. The Morgan fingerprint density at radius 2 is 0.577 bits per heavy atom. The zero-order valence-corrected chi connectivity index (χ0v) is 42.8. The predicted octanol–water partition coefficient (Wildman–Crippen LogP) is 19.1. The monoisotopic (exact) mass is 993 g/mol. The number of hydrogen-bond acceptors (Lipinski definition) is 3. The van der Waals surface area contributed by atoms with Crippen LogP contribution in [0.4, 0.5) is 34.1 Å². The van der Waals surface area contributed by atoms with E-state index >= 15 is 0 Å². The van der Waals surface area contributed by atoms with Crippen LogP contribution in [0.1, 0.15) is 44.6 Å². The summed E-state index contributed by atoms with van der Waals surface area (Å²) in [5.74, 6) is 0. The Bertz CT molecular complexity index is 4010. The van der Waals surface area contributed by atoms with Crippen LogP contribution in [0.25, 0.3) is 43.9 Å². The van der Waals surface area contributed by atoms with E-state index in [4.69, 9.17) is 4.98 Å². The maximum absolute atomic E-state index is 6.27. The van der Waals surface area contributed by atoms with Crippen LogP contribution in [-0.2, 0) is 10.8 Å². The summed E-state index contributed by atoms with van der Waals surface area (Å²) in [4.78, 5) is 11.1. The van der Waals surface area contributed by atoms with Gasteiger partial charge in [-0.15, -0.1) is 0 Å². The number of para-hydroxylation sites is 2. The Hall–Kier alpha value is -10.1. The Kier molecular flexibility index (Phi) is 10.7. The van der Waals surface area contributed by atoms with Crippen LogP contribution in [0.3, 0.4) is 0 Å². The number of hydrogen-bond donors (Lipinski definition) is 0. The summed E-state index contributed by atoms with van der Waals surface area (Å²) in [6.45, 7) is 0. The largest absolute Gasteiger partial charge is 0.310 e. The van der Waals surface area contributed by atoms with E-state index in [1.807, 2.05) is 0 Å². The molecule has 1 aromatic heterocycles. The summed E-state index contributed by atoms with van der Waals surface area (Å²) in [5, 5.41) is 4.81. The SMILES string of the molecule is c1ccc(N(c2ccc3c(c2)C(c2ccccc2)(c2ccccc2)c2cc4c(nc2-3)C(c2ccccc2)(c2ccccc2)c2cc(N(c3ccccc3)c3ccc5ccccc5c3)ccc2-4)c2ccc3ccccc3c2)cc1. The van der Waals surface area contributed by atoms with E-state index in [0.717, 1.165) is 73.3 Å². The quantitative estimate of drug-likeness (QED) is 0.136. The zero-order valence-electron chi connectivity index (χ0n) is 42.8. The van der Waals surface area contributed by atoms with Crippen LogP contribution >= 0.6 is 0 Å². The standard InChI is InChI=1S/C75H51N3/c1-7-27-56(28-8-1)74(57-29-9-2-10-30-57)70-50-65(78(61-37-17-6-18-38-61)63-42-40-53-24-20-22-26-55(53)48-63)44-46-67(70)72-71(74)51-68-66-45-43-64(77(60-35-15-5-16-36-60)62-41-39-52-23-19-21-25-54(52)47-62)49-69(66)75(73(68)76-72,58-31-11-3-12-32-58)59-33-13-4-14-34-59/h1-51H. The van der Waals surface area contributed by atoms with Crippen molar-refractivity contribution >= 4 is 55.7 Å². The van der Waals surface area contributed by atoms with E-state index < -0.39 is 10.8 Å². The first-order chi connectivity index (χ1) is 38.7. The average molecular weight is 994 g/mol. The van der Waals surface area contributed by atoms with Gasteiger partial charge in [0.25, 0.3) is 0 Å². The maximum Gasteiger partial charge on any atom is 0.0887 e. The van der Waals surface area contributed by atoms with Crippen LogP contribution in [0, 0.1) is 0 Å². The molecule has 78 heavy (non-hydrogen) atoms. The molecule has 0 unspecified atom stereocenters. The number of rotatable bonds is 10. The van der Waals surface area contributed by atoms with E-state index in [1.165, 1.54) is 49.4 Å². The molecule has 3 heteroatoms. The van der Waals surface area contributed by atoms with Gasteiger partial charge in [0, 0.05) is 45.3 Å². The number of pyridine rings is 1. The first-order valence-electron chi connectivity index (χ1n) is 26.9. The molecule has 1 heterocycles. The topological polar surface area (TPSA) is 19.4 Å². The third-order valence-electron chi connectivity index (χ3n) is 16.5. The highest BCUT2D eigenvalue weighted by atomic mass is 15.1. The summed E-state index contributed by atoms with van der Waals surface area (Å²) < 4.78 is 0. The van der Waals surface area contributed by atoms with Crippen molar-refractivity contribution in [2.24, 2.45) is 0 Å². The van der Waals surface area contributed by atoms with Crippen LogP contribution in [0.2, 0.25) is 0 Å². The number of aromatic nitrogens is 1. The Balaban J connectivity index is 1.02. The van der Waals surface area contributed by atoms with Crippen molar-refractivity contribution in [1.82, 2.24) is 4.98 Å². The van der Waals surface area contributed by atoms with E-state index in [9.17, 15) is 0 Å². The molecule has 0 amide bonds. The van der Waals surface area contributed by atoms with Gasteiger partial charge in [-0.05, 0) is 145 Å². The lowest BCUT2D eigenvalue weighted by Crippen LogP contribution is -2.31. The van der Waals surface area contributed by atoms with Gasteiger partial charge in [0.1, 0.15) is 0 Å². The van der Waals surface area contributed by atoms with Gasteiger partial charge in [-0.2, -0.15) is 0 Å². The molecule has 0 spiro atoms. The average Bonchev–Trinajstić information content (AvgIpc) is 2.89. The van der Waals surface area contributed by atoms with Crippen LogP contribution in [0.15, 0.2) is 309 Å². The molecular weight excluding hydrogens is 943 g/mol. The van der Waals surface area contributed by atoms with Gasteiger partial charge in [-0.3, -0.25) is 4.98 Å². The van der Waals surface area contributed by atoms with Gasteiger partial charge in [0.05, 0.1) is 22.2 Å². The van der Waals surface area contributed by atoms with Gasteiger partial charge in [-0.1, -0.05) is 231 Å². The third-order valence-corrected chi connectivity index (χ3v) is 16.5. The molecule has 0 fully saturated rings. The fourth-order valence-electron chi connectivity index (χ4n) is 13.1. The Morgan fingerprint density at radius 1 is 0.231 bits per heavy atom. The number of benzene rings is 12. The third kappa shape index (κ3) is 6.95. The predicted molar refractivity (Wildman–Crippen MR) is 323 cm³/mol. The second-order valence-electron chi connectivity index (χ2n) is 20.6. The normalized spacial score (nSPS) is 13.3. The van der Waals surface area contributed by atoms with Crippen molar-refractivity contribution in [2.45, 2.75) is 10.8 Å². The molecule has 15 rings (SSSR count). The molecule has 13 aromatic rings. The minimum Gasteiger partial charge on any atom is -0.310 e. The maximum atomic E-state index is 6.27. The van der Waals surface area contributed by atoms with E-state index in [1.54, 1.807) is 0 Å². The molecule has 2 aliphatic carbocycles. The molecule has 0 N–H and O–H groups in total. The molecule has 3 nitrogen and oxygen atoms in total. The zero-order chi connectivity index (χ0) is 51.6. The van der Waals surface area contributed by atoms with Crippen molar-refractivity contribution in [2.75, 3.05) is 9.80 Å². The van der Waals surface area contributed by atoms with Crippen LogP contribution < -0.4 is 9.80 Å². The molecule has 2 aliphatic rings. The highest BCUT2D eigenvalue weighted by Crippen LogP contribution is 2.62. The molecule has 0 bridgehead atoms. The highest BCUT2D eigenvalue weighted by Gasteiger charge is 2.53. The van der Waals surface area contributed by atoms with Gasteiger partial charge >= 0.3 is 0 Å². The fraction of sp³-hybridized carbons (Fsp3) is 0.0267. The van der Waals surface area contributed by atoms with E-state index in [0.29, 0.717) is 0 Å². The molecular formula is C75H51N3.